The molecule has 1 amide bonds. The van der Waals surface area contributed by atoms with Crippen LogP contribution in [0.1, 0.15) is 31.4 Å². The van der Waals surface area contributed by atoms with Crippen LogP contribution in [0.2, 0.25) is 0 Å². The molecule has 6 heteroatoms. The first-order valence-electron chi connectivity index (χ1n) is 6.99. The van der Waals surface area contributed by atoms with Crippen molar-refractivity contribution in [3.63, 3.8) is 0 Å². The Kier molecular flexibility index (Phi) is 5.87. The highest BCUT2D eigenvalue weighted by Gasteiger charge is 2.19. The minimum Gasteiger partial charge on any atom is -0.486 e. The predicted molar refractivity (Wildman–Crippen MR) is 82.8 cm³/mol. The molecule has 5 nitrogen and oxygen atoms in total. The molecule has 1 aliphatic heterocycles. The zero-order chi connectivity index (χ0) is 15.2. The van der Waals surface area contributed by atoms with Crippen LogP contribution >= 0.6 is 15.9 Å². The van der Waals surface area contributed by atoms with Gasteiger partial charge in [-0.15, -0.1) is 0 Å². The van der Waals surface area contributed by atoms with Crippen molar-refractivity contribution in [1.82, 2.24) is 5.32 Å². The van der Waals surface area contributed by atoms with Crippen LogP contribution in [0.5, 0.6) is 11.5 Å². The highest BCUT2D eigenvalue weighted by Crippen LogP contribution is 2.37. The topological polar surface area (TPSA) is 56.8 Å². The van der Waals surface area contributed by atoms with Crippen LogP contribution < -0.4 is 14.8 Å². The normalized spacial score (nSPS) is 14.6. The number of carbonyl (C=O) groups excluding carboxylic acids is 1. The Labute approximate surface area is 133 Å². The van der Waals surface area contributed by atoms with Gasteiger partial charge < -0.3 is 19.5 Å². The van der Waals surface area contributed by atoms with Gasteiger partial charge in [-0.1, -0.05) is 15.9 Å². The number of hydrogen-bond acceptors (Lipinski definition) is 4. The van der Waals surface area contributed by atoms with Gasteiger partial charge in [-0.3, -0.25) is 4.79 Å². The molecule has 1 aromatic carbocycles. The van der Waals surface area contributed by atoms with Crippen molar-refractivity contribution in [3.05, 3.63) is 22.2 Å². The Morgan fingerprint density at radius 1 is 1.38 bits per heavy atom. The first-order chi connectivity index (χ1) is 10.1. The molecule has 1 N–H and O–H groups in total. The Hall–Kier alpha value is -1.27. The number of benzene rings is 1. The number of fused-ring (bicyclic) bond motifs is 1. The van der Waals surface area contributed by atoms with E-state index in [1.54, 1.807) is 7.11 Å². The molecule has 1 unspecified atom stereocenters. The largest absolute Gasteiger partial charge is 0.486 e. The summed E-state index contributed by atoms with van der Waals surface area (Å²) in [7, 11) is 1.63. The van der Waals surface area contributed by atoms with Crippen LogP contribution in [-0.2, 0) is 9.53 Å². The Balaban J connectivity index is 2.01. The van der Waals surface area contributed by atoms with Crippen LogP contribution in [0.15, 0.2) is 16.6 Å². The van der Waals surface area contributed by atoms with Gasteiger partial charge in [-0.2, -0.15) is 0 Å². The van der Waals surface area contributed by atoms with Crippen LogP contribution in [-0.4, -0.2) is 32.8 Å². The number of methoxy groups -OCH3 is 1. The second-order valence-corrected chi connectivity index (χ2v) is 5.76. The van der Waals surface area contributed by atoms with E-state index in [1.807, 2.05) is 19.1 Å². The molecule has 0 radical (unpaired) electrons. The predicted octanol–water partition coefficient (Wildman–Crippen LogP) is 2.82. The molecule has 0 bridgehead atoms. The monoisotopic (exact) mass is 357 g/mol. The lowest BCUT2D eigenvalue weighted by molar-refractivity contribution is -0.122. The van der Waals surface area contributed by atoms with Crippen LogP contribution in [0, 0.1) is 0 Å². The third kappa shape index (κ3) is 4.35. The van der Waals surface area contributed by atoms with Gasteiger partial charge in [0.1, 0.15) is 13.2 Å². The van der Waals surface area contributed by atoms with Crippen LogP contribution in [0.25, 0.3) is 0 Å². The highest BCUT2D eigenvalue weighted by molar-refractivity contribution is 9.10. The van der Waals surface area contributed by atoms with Crippen molar-refractivity contribution in [2.75, 3.05) is 26.9 Å². The average molecular weight is 358 g/mol. The molecule has 1 aromatic rings. The van der Waals surface area contributed by atoms with Crippen molar-refractivity contribution in [1.29, 1.82) is 0 Å². The third-order valence-corrected chi connectivity index (χ3v) is 3.94. The van der Waals surface area contributed by atoms with Crippen LogP contribution in [0.3, 0.4) is 0 Å². The lowest BCUT2D eigenvalue weighted by atomic mass is 10.1. The van der Waals surface area contributed by atoms with Gasteiger partial charge >= 0.3 is 0 Å². The summed E-state index contributed by atoms with van der Waals surface area (Å²) < 4.78 is 17.0. The zero-order valence-corrected chi connectivity index (χ0v) is 13.9. The fraction of sp³-hybridized carbons (Fsp3) is 0.533. The molecule has 0 saturated heterocycles. The molecule has 1 atom stereocenters. The lowest BCUT2D eigenvalue weighted by Crippen LogP contribution is -2.27. The van der Waals surface area contributed by atoms with E-state index in [1.165, 1.54) is 0 Å². The minimum absolute atomic E-state index is 0.0151. The summed E-state index contributed by atoms with van der Waals surface area (Å²) in [6.07, 6.45) is 1.18. The van der Waals surface area contributed by atoms with Crippen LogP contribution in [0.4, 0.5) is 0 Å². The standard InChI is InChI=1S/C15H20BrNO4/c1-10(17-15(18)4-3-5-19-2)11-8-13-14(9-12(11)16)21-7-6-20-13/h8-10H,3-7H2,1-2H3,(H,17,18). The molecule has 0 aliphatic carbocycles. The Bertz CT molecular complexity index is 507. The summed E-state index contributed by atoms with van der Waals surface area (Å²) >= 11 is 3.52. The second-order valence-electron chi connectivity index (χ2n) is 4.90. The molecule has 1 heterocycles. The highest BCUT2D eigenvalue weighted by atomic mass is 79.9. The summed E-state index contributed by atoms with van der Waals surface area (Å²) in [6, 6.07) is 3.70. The molecule has 116 valence electrons. The maximum atomic E-state index is 11.9. The van der Waals surface area contributed by atoms with Crippen molar-refractivity contribution in [2.45, 2.75) is 25.8 Å². The summed E-state index contributed by atoms with van der Waals surface area (Å²) in [5, 5.41) is 2.98. The number of amides is 1. The summed E-state index contributed by atoms with van der Waals surface area (Å²) in [4.78, 5) is 11.9. The molecule has 2 rings (SSSR count). The van der Waals surface area contributed by atoms with Gasteiger partial charge in [0.2, 0.25) is 5.91 Å². The van der Waals surface area contributed by atoms with Gasteiger partial charge in [0.15, 0.2) is 11.5 Å². The number of hydrogen-bond donors (Lipinski definition) is 1. The number of ether oxygens (including phenoxy) is 3. The van der Waals surface area contributed by atoms with Gasteiger partial charge in [0.25, 0.3) is 0 Å². The van der Waals surface area contributed by atoms with E-state index in [-0.39, 0.29) is 11.9 Å². The molecular formula is C15H20BrNO4. The summed E-state index contributed by atoms with van der Waals surface area (Å²) in [5.74, 6) is 1.47. The molecule has 0 fully saturated rings. The van der Waals surface area contributed by atoms with Crippen molar-refractivity contribution >= 4 is 21.8 Å². The minimum atomic E-state index is -0.106. The molecule has 0 saturated carbocycles. The smallest absolute Gasteiger partial charge is 0.220 e. The zero-order valence-electron chi connectivity index (χ0n) is 12.3. The Morgan fingerprint density at radius 2 is 2.05 bits per heavy atom. The maximum absolute atomic E-state index is 11.9. The van der Waals surface area contributed by atoms with Gasteiger partial charge in [0.05, 0.1) is 6.04 Å². The van der Waals surface area contributed by atoms with Crippen molar-refractivity contribution in [3.8, 4) is 11.5 Å². The Morgan fingerprint density at radius 3 is 2.71 bits per heavy atom. The number of nitrogens with one attached hydrogen (secondary N) is 1. The van der Waals surface area contributed by atoms with E-state index < -0.39 is 0 Å². The SMILES string of the molecule is COCCCC(=O)NC(C)c1cc2c(cc1Br)OCCO2. The quantitative estimate of drug-likeness (QED) is 0.795. The van der Waals surface area contributed by atoms with Gasteiger partial charge in [-0.25, -0.2) is 0 Å². The summed E-state index contributed by atoms with van der Waals surface area (Å²) in [5.41, 5.74) is 0.972. The van der Waals surface area contributed by atoms with E-state index in [0.29, 0.717) is 26.2 Å². The molecule has 0 spiro atoms. The second kappa shape index (κ2) is 7.66. The van der Waals surface area contributed by atoms with Gasteiger partial charge in [0, 0.05) is 24.6 Å². The van der Waals surface area contributed by atoms with Crippen molar-refractivity contribution < 1.29 is 19.0 Å². The first-order valence-corrected chi connectivity index (χ1v) is 7.78. The van der Waals surface area contributed by atoms with Crippen molar-refractivity contribution in [2.24, 2.45) is 0 Å². The fourth-order valence-corrected chi connectivity index (χ4v) is 2.85. The molecule has 1 aliphatic rings. The van der Waals surface area contributed by atoms with E-state index in [2.05, 4.69) is 21.2 Å². The number of halogens is 1. The molecule has 0 aromatic heterocycles. The van der Waals surface area contributed by atoms with E-state index in [9.17, 15) is 4.79 Å². The van der Waals surface area contributed by atoms with E-state index in [4.69, 9.17) is 14.2 Å². The first kappa shape index (κ1) is 16.1. The molecular weight excluding hydrogens is 338 g/mol. The lowest BCUT2D eigenvalue weighted by Gasteiger charge is -2.22. The third-order valence-electron chi connectivity index (χ3n) is 3.26. The van der Waals surface area contributed by atoms with Gasteiger partial charge in [-0.05, 0) is 31.0 Å². The van der Waals surface area contributed by atoms with E-state index >= 15 is 0 Å². The average Bonchev–Trinajstić information content (AvgIpc) is 2.46. The number of carbonyl (C=O) groups is 1. The van der Waals surface area contributed by atoms with E-state index in [0.717, 1.165) is 28.0 Å². The number of rotatable bonds is 6. The summed E-state index contributed by atoms with van der Waals surface area (Å²) in [6.45, 7) is 3.65. The fourth-order valence-electron chi connectivity index (χ4n) is 2.18. The maximum Gasteiger partial charge on any atom is 0.220 e. The molecule has 21 heavy (non-hydrogen) atoms.